The van der Waals surface area contributed by atoms with Gasteiger partial charge in [0.25, 0.3) is 0 Å². The van der Waals surface area contributed by atoms with Crippen LogP contribution in [0.3, 0.4) is 0 Å². The molecule has 2 aromatic rings. The van der Waals surface area contributed by atoms with Crippen LogP contribution in [-0.4, -0.2) is 9.78 Å². The fourth-order valence-corrected chi connectivity index (χ4v) is 2.16. The van der Waals surface area contributed by atoms with Crippen molar-refractivity contribution in [2.45, 2.75) is 26.9 Å². The maximum absolute atomic E-state index is 4.39. The Balaban J connectivity index is 0.00000128. The average molecular weight is 258 g/mol. The van der Waals surface area contributed by atoms with Crippen molar-refractivity contribution in [2.24, 2.45) is 0 Å². The van der Waals surface area contributed by atoms with Gasteiger partial charge in [0.05, 0.1) is 12.2 Å². The van der Waals surface area contributed by atoms with E-state index < -0.39 is 0 Å². The van der Waals surface area contributed by atoms with Gasteiger partial charge in [-0.05, 0) is 25.3 Å². The molecular formula is C11H16ClN3S. The van der Waals surface area contributed by atoms with Crippen LogP contribution >= 0.6 is 23.7 Å². The highest BCUT2D eigenvalue weighted by atomic mass is 35.5. The largest absolute Gasteiger partial charge is 0.365 e. The van der Waals surface area contributed by atoms with E-state index in [9.17, 15) is 0 Å². The van der Waals surface area contributed by atoms with Crippen LogP contribution < -0.4 is 5.32 Å². The molecule has 0 aliphatic rings. The third-order valence-electron chi connectivity index (χ3n) is 2.23. The molecule has 1 N–H and O–H groups in total. The third kappa shape index (κ3) is 3.00. The number of aromatic nitrogens is 2. The molecule has 0 spiro atoms. The van der Waals surface area contributed by atoms with E-state index in [4.69, 9.17) is 0 Å². The Morgan fingerprint density at radius 2 is 2.31 bits per heavy atom. The molecule has 0 unspecified atom stereocenters. The van der Waals surface area contributed by atoms with Crippen LogP contribution in [0.1, 0.15) is 17.5 Å². The van der Waals surface area contributed by atoms with Gasteiger partial charge in [-0.1, -0.05) is 6.07 Å². The van der Waals surface area contributed by atoms with Gasteiger partial charge < -0.3 is 5.32 Å². The van der Waals surface area contributed by atoms with Gasteiger partial charge in [0.2, 0.25) is 0 Å². The van der Waals surface area contributed by atoms with Gasteiger partial charge >= 0.3 is 0 Å². The molecular weight excluding hydrogens is 242 g/mol. The molecule has 0 aromatic carbocycles. The van der Waals surface area contributed by atoms with Crippen molar-refractivity contribution in [2.75, 3.05) is 5.32 Å². The van der Waals surface area contributed by atoms with E-state index in [1.54, 1.807) is 11.3 Å². The van der Waals surface area contributed by atoms with Crippen LogP contribution in [-0.2, 0) is 13.1 Å². The van der Waals surface area contributed by atoms with Gasteiger partial charge in [0.15, 0.2) is 0 Å². The second-order valence-electron chi connectivity index (χ2n) is 3.42. The quantitative estimate of drug-likeness (QED) is 0.911. The molecule has 0 fully saturated rings. The van der Waals surface area contributed by atoms with Crippen LogP contribution in [0.2, 0.25) is 0 Å². The van der Waals surface area contributed by atoms with Crippen molar-refractivity contribution in [3.8, 4) is 0 Å². The first-order valence-corrected chi connectivity index (χ1v) is 5.98. The zero-order chi connectivity index (χ0) is 10.7. The summed E-state index contributed by atoms with van der Waals surface area (Å²) in [6, 6.07) is 6.29. The summed E-state index contributed by atoms with van der Waals surface area (Å²) >= 11 is 1.77. The highest BCUT2D eigenvalue weighted by molar-refractivity contribution is 7.09. The molecule has 0 amide bonds. The standard InChI is InChI=1S/C11H15N3S.ClH/c1-3-14-11(7-9(2)13-14)12-8-10-5-4-6-15-10;/h4-7,12H,3,8H2,1-2H3;1H. The summed E-state index contributed by atoms with van der Waals surface area (Å²) in [6.45, 7) is 5.90. The van der Waals surface area contributed by atoms with E-state index >= 15 is 0 Å². The minimum absolute atomic E-state index is 0. The molecule has 0 saturated carbocycles. The average Bonchev–Trinajstić information content (AvgIpc) is 2.83. The predicted molar refractivity (Wildman–Crippen MR) is 71.5 cm³/mol. The second-order valence-corrected chi connectivity index (χ2v) is 4.45. The monoisotopic (exact) mass is 257 g/mol. The Kier molecular flexibility index (Phi) is 4.83. The molecule has 16 heavy (non-hydrogen) atoms. The molecule has 0 radical (unpaired) electrons. The fraction of sp³-hybridized carbons (Fsp3) is 0.364. The molecule has 3 nitrogen and oxygen atoms in total. The number of aryl methyl sites for hydroxylation is 2. The van der Waals surface area contributed by atoms with Crippen LogP contribution in [0.5, 0.6) is 0 Å². The summed E-state index contributed by atoms with van der Waals surface area (Å²) in [7, 11) is 0. The number of hydrogen-bond donors (Lipinski definition) is 1. The summed E-state index contributed by atoms with van der Waals surface area (Å²) in [5, 5.41) is 9.88. The molecule has 0 aliphatic carbocycles. The van der Waals surface area contributed by atoms with Crippen LogP contribution in [0, 0.1) is 6.92 Å². The van der Waals surface area contributed by atoms with Crippen LogP contribution in [0.25, 0.3) is 0 Å². The maximum Gasteiger partial charge on any atom is 0.124 e. The number of anilines is 1. The normalized spacial score (nSPS) is 9.88. The highest BCUT2D eigenvalue weighted by Crippen LogP contribution is 2.14. The van der Waals surface area contributed by atoms with E-state index in [1.165, 1.54) is 4.88 Å². The smallest absolute Gasteiger partial charge is 0.124 e. The van der Waals surface area contributed by atoms with E-state index in [1.807, 2.05) is 11.6 Å². The molecule has 2 heterocycles. The summed E-state index contributed by atoms with van der Waals surface area (Å²) < 4.78 is 1.99. The Morgan fingerprint density at radius 3 is 2.94 bits per heavy atom. The van der Waals surface area contributed by atoms with Gasteiger partial charge in [-0.2, -0.15) is 5.10 Å². The predicted octanol–water partition coefficient (Wildman–Crippen LogP) is 3.31. The Labute approximate surface area is 106 Å². The van der Waals surface area contributed by atoms with Gasteiger partial charge in [-0.25, -0.2) is 4.68 Å². The Bertz CT molecular complexity index is 422. The molecule has 2 aromatic heterocycles. The van der Waals surface area contributed by atoms with Crippen molar-refractivity contribution in [1.29, 1.82) is 0 Å². The lowest BCUT2D eigenvalue weighted by Gasteiger charge is -2.06. The number of nitrogens with one attached hydrogen (secondary N) is 1. The maximum atomic E-state index is 4.39. The minimum Gasteiger partial charge on any atom is -0.365 e. The number of nitrogens with zero attached hydrogens (tertiary/aromatic N) is 2. The van der Waals surface area contributed by atoms with Crippen molar-refractivity contribution in [3.05, 3.63) is 34.2 Å². The number of thiophene rings is 1. The molecule has 0 aliphatic heterocycles. The van der Waals surface area contributed by atoms with Crippen molar-refractivity contribution < 1.29 is 0 Å². The van der Waals surface area contributed by atoms with Gasteiger partial charge in [0.1, 0.15) is 5.82 Å². The zero-order valence-corrected chi connectivity index (χ0v) is 11.1. The first-order valence-electron chi connectivity index (χ1n) is 5.10. The Morgan fingerprint density at radius 1 is 1.50 bits per heavy atom. The Hall–Kier alpha value is -1.000. The number of hydrogen-bond acceptors (Lipinski definition) is 3. The molecule has 0 atom stereocenters. The lowest BCUT2D eigenvalue weighted by molar-refractivity contribution is 0.657. The summed E-state index contributed by atoms with van der Waals surface area (Å²) in [5.41, 5.74) is 1.06. The van der Waals surface area contributed by atoms with Crippen molar-refractivity contribution >= 4 is 29.6 Å². The summed E-state index contributed by atoms with van der Waals surface area (Å²) in [6.07, 6.45) is 0. The van der Waals surface area contributed by atoms with E-state index in [0.29, 0.717) is 0 Å². The molecule has 5 heteroatoms. The molecule has 0 bridgehead atoms. The van der Waals surface area contributed by atoms with Crippen molar-refractivity contribution in [1.82, 2.24) is 9.78 Å². The van der Waals surface area contributed by atoms with Crippen LogP contribution in [0.15, 0.2) is 23.6 Å². The fourth-order valence-electron chi connectivity index (χ4n) is 1.52. The van der Waals surface area contributed by atoms with Crippen molar-refractivity contribution in [3.63, 3.8) is 0 Å². The van der Waals surface area contributed by atoms with Gasteiger partial charge in [-0.15, -0.1) is 23.7 Å². The first kappa shape index (κ1) is 13.1. The van der Waals surface area contributed by atoms with E-state index in [-0.39, 0.29) is 12.4 Å². The zero-order valence-electron chi connectivity index (χ0n) is 9.43. The topological polar surface area (TPSA) is 29.9 Å². The number of halogens is 1. The molecule has 2 rings (SSSR count). The van der Waals surface area contributed by atoms with Crippen LogP contribution in [0.4, 0.5) is 5.82 Å². The number of rotatable bonds is 4. The lowest BCUT2D eigenvalue weighted by atomic mass is 10.4. The van der Waals surface area contributed by atoms with E-state index in [2.05, 4.69) is 40.9 Å². The third-order valence-corrected chi connectivity index (χ3v) is 3.10. The molecule has 88 valence electrons. The second kappa shape index (κ2) is 5.92. The SMILES string of the molecule is CCn1nc(C)cc1NCc1cccs1.Cl. The van der Waals surface area contributed by atoms with Gasteiger partial charge in [0, 0.05) is 17.5 Å². The summed E-state index contributed by atoms with van der Waals surface area (Å²) in [5.74, 6) is 1.10. The summed E-state index contributed by atoms with van der Waals surface area (Å²) in [4.78, 5) is 1.34. The molecule has 0 saturated heterocycles. The minimum atomic E-state index is 0. The lowest BCUT2D eigenvalue weighted by Crippen LogP contribution is -2.05. The van der Waals surface area contributed by atoms with E-state index in [0.717, 1.165) is 24.6 Å². The first-order chi connectivity index (χ1) is 7.29. The highest BCUT2D eigenvalue weighted by Gasteiger charge is 2.03. The van der Waals surface area contributed by atoms with Gasteiger partial charge in [-0.3, -0.25) is 0 Å².